The summed E-state index contributed by atoms with van der Waals surface area (Å²) in [5.41, 5.74) is 3.06. The minimum Gasteiger partial charge on any atom is -0.494 e. The number of carbonyl (C=O) groups is 1. The molecule has 4 rings (SSSR count). The number of hydrogen-bond acceptors (Lipinski definition) is 7. The standard InChI is InChI=1S/C26H29N7O2/c1-3-14-33-24(31-32-25(33)22-12-13-27-18-30-22)17-28-21-10-7-9-19(15-21)26(34)29-16-20-8-5-6-11-23(20)35-4-2/h5-13,15,18,28H,3-4,14,16-17H2,1-2H3,(H,29,34). The van der Waals surface area contributed by atoms with Crippen molar-refractivity contribution in [2.45, 2.75) is 39.9 Å². The van der Waals surface area contributed by atoms with Gasteiger partial charge in [0.05, 0.1) is 13.2 Å². The molecule has 0 saturated carbocycles. The summed E-state index contributed by atoms with van der Waals surface area (Å²) in [7, 11) is 0. The molecule has 0 aliphatic heterocycles. The van der Waals surface area contributed by atoms with Gasteiger partial charge in [-0.1, -0.05) is 31.2 Å². The van der Waals surface area contributed by atoms with Crippen LogP contribution in [0.15, 0.2) is 67.1 Å². The van der Waals surface area contributed by atoms with Gasteiger partial charge < -0.3 is 19.9 Å². The van der Waals surface area contributed by atoms with Crippen molar-refractivity contribution in [1.29, 1.82) is 0 Å². The number of aromatic nitrogens is 5. The van der Waals surface area contributed by atoms with Gasteiger partial charge in [-0.15, -0.1) is 10.2 Å². The number of nitrogens with zero attached hydrogens (tertiary/aromatic N) is 5. The Morgan fingerprint density at radius 1 is 1.03 bits per heavy atom. The van der Waals surface area contributed by atoms with Gasteiger partial charge >= 0.3 is 0 Å². The van der Waals surface area contributed by atoms with Crippen LogP contribution in [-0.2, 0) is 19.6 Å². The fourth-order valence-electron chi connectivity index (χ4n) is 3.71. The molecule has 2 N–H and O–H groups in total. The van der Waals surface area contributed by atoms with E-state index in [1.165, 1.54) is 6.33 Å². The number of benzene rings is 2. The van der Waals surface area contributed by atoms with Crippen molar-refractivity contribution in [2.24, 2.45) is 0 Å². The molecule has 1 amide bonds. The molecule has 180 valence electrons. The van der Waals surface area contributed by atoms with Crippen LogP contribution < -0.4 is 15.4 Å². The second kappa shape index (κ2) is 11.7. The molecule has 0 saturated heterocycles. The first-order chi connectivity index (χ1) is 17.2. The molecule has 0 aliphatic rings. The summed E-state index contributed by atoms with van der Waals surface area (Å²) < 4.78 is 7.70. The molecule has 0 radical (unpaired) electrons. The topological polar surface area (TPSA) is 107 Å². The number of carbonyl (C=O) groups excluding carboxylic acids is 1. The summed E-state index contributed by atoms with van der Waals surface area (Å²) in [6.07, 6.45) is 4.13. The molecule has 0 fully saturated rings. The van der Waals surface area contributed by atoms with E-state index in [4.69, 9.17) is 4.74 Å². The van der Waals surface area contributed by atoms with Gasteiger partial charge in [-0.05, 0) is 43.7 Å². The zero-order valence-corrected chi connectivity index (χ0v) is 19.9. The van der Waals surface area contributed by atoms with Gasteiger partial charge in [0.15, 0.2) is 11.6 Å². The molecule has 35 heavy (non-hydrogen) atoms. The number of nitrogens with one attached hydrogen (secondary N) is 2. The molecule has 0 unspecified atom stereocenters. The van der Waals surface area contributed by atoms with E-state index in [0.29, 0.717) is 31.1 Å². The van der Waals surface area contributed by atoms with Crippen LogP contribution in [0.2, 0.25) is 0 Å². The lowest BCUT2D eigenvalue weighted by atomic mass is 10.1. The van der Waals surface area contributed by atoms with E-state index >= 15 is 0 Å². The van der Waals surface area contributed by atoms with Crippen molar-refractivity contribution in [1.82, 2.24) is 30.0 Å². The van der Waals surface area contributed by atoms with E-state index < -0.39 is 0 Å². The number of ether oxygens (including phenoxy) is 1. The van der Waals surface area contributed by atoms with Crippen LogP contribution in [0.5, 0.6) is 5.75 Å². The van der Waals surface area contributed by atoms with E-state index in [1.807, 2.05) is 55.5 Å². The van der Waals surface area contributed by atoms with E-state index in [2.05, 4.69) is 42.3 Å². The Bertz CT molecular complexity index is 1260. The van der Waals surface area contributed by atoms with Crippen LogP contribution in [-0.4, -0.2) is 37.2 Å². The van der Waals surface area contributed by atoms with Gasteiger partial charge in [0, 0.05) is 36.1 Å². The Morgan fingerprint density at radius 3 is 2.71 bits per heavy atom. The van der Waals surface area contributed by atoms with Crippen LogP contribution in [0.25, 0.3) is 11.5 Å². The first-order valence-electron chi connectivity index (χ1n) is 11.7. The van der Waals surface area contributed by atoms with Crippen molar-refractivity contribution in [2.75, 3.05) is 11.9 Å². The predicted molar refractivity (Wildman–Crippen MR) is 134 cm³/mol. The number of para-hydroxylation sites is 1. The van der Waals surface area contributed by atoms with E-state index in [1.54, 1.807) is 12.3 Å². The van der Waals surface area contributed by atoms with Crippen LogP contribution in [0.1, 0.15) is 42.0 Å². The highest BCUT2D eigenvalue weighted by molar-refractivity contribution is 5.95. The second-order valence-corrected chi connectivity index (χ2v) is 7.84. The summed E-state index contributed by atoms with van der Waals surface area (Å²) in [6, 6.07) is 16.9. The minimum absolute atomic E-state index is 0.153. The Morgan fingerprint density at radius 2 is 1.91 bits per heavy atom. The lowest BCUT2D eigenvalue weighted by Crippen LogP contribution is -2.23. The van der Waals surface area contributed by atoms with Crippen LogP contribution >= 0.6 is 0 Å². The largest absolute Gasteiger partial charge is 0.494 e. The van der Waals surface area contributed by atoms with Crippen molar-refractivity contribution < 1.29 is 9.53 Å². The smallest absolute Gasteiger partial charge is 0.251 e. The molecule has 0 bridgehead atoms. The summed E-state index contributed by atoms with van der Waals surface area (Å²) in [4.78, 5) is 21.1. The van der Waals surface area contributed by atoms with Crippen LogP contribution in [0.3, 0.4) is 0 Å². The molecular weight excluding hydrogens is 442 g/mol. The average Bonchev–Trinajstić information content (AvgIpc) is 3.30. The van der Waals surface area contributed by atoms with Gasteiger partial charge in [-0.3, -0.25) is 4.79 Å². The maximum Gasteiger partial charge on any atom is 0.251 e. The van der Waals surface area contributed by atoms with Gasteiger partial charge in [-0.25, -0.2) is 9.97 Å². The Kier molecular flexibility index (Phi) is 8.00. The van der Waals surface area contributed by atoms with Crippen molar-refractivity contribution >= 4 is 11.6 Å². The van der Waals surface area contributed by atoms with Crippen molar-refractivity contribution in [3.63, 3.8) is 0 Å². The number of rotatable bonds is 11. The van der Waals surface area contributed by atoms with Gasteiger partial charge in [0.1, 0.15) is 17.8 Å². The third-order valence-electron chi connectivity index (χ3n) is 5.37. The van der Waals surface area contributed by atoms with E-state index in [0.717, 1.165) is 41.5 Å². The molecular formula is C26H29N7O2. The molecule has 2 aromatic heterocycles. The van der Waals surface area contributed by atoms with Crippen molar-refractivity contribution in [3.05, 3.63) is 84.1 Å². The van der Waals surface area contributed by atoms with E-state index in [-0.39, 0.29) is 5.91 Å². The fourth-order valence-corrected chi connectivity index (χ4v) is 3.71. The van der Waals surface area contributed by atoms with Crippen LogP contribution in [0, 0.1) is 0 Å². The molecule has 0 atom stereocenters. The zero-order chi connectivity index (χ0) is 24.5. The predicted octanol–water partition coefficient (Wildman–Crippen LogP) is 4.09. The quantitative estimate of drug-likeness (QED) is 0.339. The maximum atomic E-state index is 12.8. The normalized spacial score (nSPS) is 10.7. The van der Waals surface area contributed by atoms with Gasteiger partial charge in [0.2, 0.25) is 0 Å². The van der Waals surface area contributed by atoms with Crippen LogP contribution in [0.4, 0.5) is 5.69 Å². The lowest BCUT2D eigenvalue weighted by Gasteiger charge is -2.12. The Balaban J connectivity index is 1.42. The molecule has 9 nitrogen and oxygen atoms in total. The lowest BCUT2D eigenvalue weighted by molar-refractivity contribution is 0.0950. The second-order valence-electron chi connectivity index (χ2n) is 7.84. The monoisotopic (exact) mass is 471 g/mol. The van der Waals surface area contributed by atoms with E-state index in [9.17, 15) is 4.79 Å². The Labute approximate surface area is 204 Å². The first kappa shape index (κ1) is 23.9. The van der Waals surface area contributed by atoms with Gasteiger partial charge in [-0.2, -0.15) is 0 Å². The highest BCUT2D eigenvalue weighted by atomic mass is 16.5. The number of hydrogen-bond donors (Lipinski definition) is 2. The highest BCUT2D eigenvalue weighted by Crippen LogP contribution is 2.19. The summed E-state index contributed by atoms with van der Waals surface area (Å²) in [5.74, 6) is 2.14. The summed E-state index contributed by atoms with van der Waals surface area (Å²) >= 11 is 0. The fraction of sp³-hybridized carbons (Fsp3) is 0.269. The average molecular weight is 472 g/mol. The summed E-state index contributed by atoms with van der Waals surface area (Å²) in [6.45, 7) is 6.25. The summed E-state index contributed by atoms with van der Waals surface area (Å²) in [5, 5.41) is 15.1. The molecule has 2 aromatic carbocycles. The number of amides is 1. The minimum atomic E-state index is -0.153. The van der Waals surface area contributed by atoms with Crippen molar-refractivity contribution in [3.8, 4) is 17.3 Å². The molecule has 9 heteroatoms. The first-order valence-corrected chi connectivity index (χ1v) is 11.7. The number of anilines is 1. The molecule has 2 heterocycles. The molecule has 4 aromatic rings. The SMILES string of the molecule is CCCn1c(CNc2cccc(C(=O)NCc3ccccc3OCC)c2)nnc1-c1ccncn1. The third kappa shape index (κ3) is 6.00. The molecule has 0 aliphatic carbocycles. The highest BCUT2D eigenvalue weighted by Gasteiger charge is 2.14. The molecule has 0 spiro atoms. The Hall–Kier alpha value is -4.27. The maximum absolute atomic E-state index is 12.8. The third-order valence-corrected chi connectivity index (χ3v) is 5.37. The zero-order valence-electron chi connectivity index (χ0n) is 19.9. The van der Waals surface area contributed by atoms with Gasteiger partial charge in [0.25, 0.3) is 5.91 Å².